The Morgan fingerprint density at radius 3 is 2.65 bits per heavy atom. The van der Waals surface area contributed by atoms with Crippen LogP contribution >= 0.6 is 27.5 Å². The summed E-state index contributed by atoms with van der Waals surface area (Å²) in [6.45, 7) is 5.80. The fourth-order valence-electron chi connectivity index (χ4n) is 1.45. The van der Waals surface area contributed by atoms with Crippen molar-refractivity contribution < 1.29 is 4.74 Å². The summed E-state index contributed by atoms with van der Waals surface area (Å²) in [5.41, 5.74) is 1.99. The molecule has 0 amide bonds. The molecule has 1 heterocycles. The van der Waals surface area contributed by atoms with Gasteiger partial charge in [-0.1, -0.05) is 22.0 Å². The van der Waals surface area contributed by atoms with Gasteiger partial charge < -0.3 is 10.1 Å². The molecule has 0 saturated carbocycles. The molecule has 0 bridgehead atoms. The van der Waals surface area contributed by atoms with Crippen molar-refractivity contribution in [1.29, 1.82) is 0 Å². The number of nitrogens with zero attached hydrogens (tertiary/aromatic N) is 3. The van der Waals surface area contributed by atoms with Gasteiger partial charge in [-0.05, 0) is 50.1 Å². The molecular formula is C13H14BrClN4O. The van der Waals surface area contributed by atoms with Gasteiger partial charge >= 0.3 is 6.01 Å². The van der Waals surface area contributed by atoms with Crippen LogP contribution in [0.25, 0.3) is 0 Å². The zero-order valence-electron chi connectivity index (χ0n) is 11.3. The van der Waals surface area contributed by atoms with Crippen LogP contribution in [0.5, 0.6) is 6.01 Å². The summed E-state index contributed by atoms with van der Waals surface area (Å²) in [6, 6.07) is 6.06. The van der Waals surface area contributed by atoms with Crippen LogP contribution in [-0.4, -0.2) is 21.1 Å². The fourth-order valence-corrected chi connectivity index (χ4v) is 1.98. The molecule has 20 heavy (non-hydrogen) atoms. The summed E-state index contributed by atoms with van der Waals surface area (Å²) in [5, 5.41) is 3.16. The number of benzene rings is 1. The maximum atomic E-state index is 5.86. The van der Waals surface area contributed by atoms with Crippen LogP contribution in [0, 0.1) is 6.92 Å². The Bertz CT molecular complexity index is 621. The first-order valence-electron chi connectivity index (χ1n) is 6.05. The highest BCUT2D eigenvalue weighted by atomic mass is 79.9. The quantitative estimate of drug-likeness (QED) is 0.891. The van der Waals surface area contributed by atoms with E-state index in [2.05, 4.69) is 36.2 Å². The first-order valence-corrected chi connectivity index (χ1v) is 7.22. The molecule has 106 valence electrons. The minimum atomic E-state index is -0.0326. The third-order valence-electron chi connectivity index (χ3n) is 2.36. The average molecular weight is 358 g/mol. The van der Waals surface area contributed by atoms with E-state index in [-0.39, 0.29) is 17.4 Å². The lowest BCUT2D eigenvalue weighted by Crippen LogP contribution is -2.10. The fraction of sp³-hybridized carbons (Fsp3) is 0.308. The van der Waals surface area contributed by atoms with Gasteiger partial charge in [-0.15, -0.1) is 0 Å². The number of rotatable bonds is 4. The van der Waals surface area contributed by atoms with Crippen LogP contribution in [0.4, 0.5) is 11.6 Å². The highest BCUT2D eigenvalue weighted by Crippen LogP contribution is 2.23. The van der Waals surface area contributed by atoms with E-state index in [0.29, 0.717) is 5.95 Å². The van der Waals surface area contributed by atoms with Gasteiger partial charge in [-0.25, -0.2) is 0 Å². The van der Waals surface area contributed by atoms with Gasteiger partial charge in [0.15, 0.2) is 0 Å². The molecule has 0 atom stereocenters. The van der Waals surface area contributed by atoms with Crippen molar-refractivity contribution in [2.45, 2.75) is 26.9 Å². The highest BCUT2D eigenvalue weighted by molar-refractivity contribution is 9.10. The molecule has 0 aliphatic heterocycles. The summed E-state index contributed by atoms with van der Waals surface area (Å²) in [5.74, 6) is 0.344. The summed E-state index contributed by atoms with van der Waals surface area (Å²) in [4.78, 5) is 12.1. The first kappa shape index (κ1) is 15.0. The van der Waals surface area contributed by atoms with Gasteiger partial charge in [-0.3, -0.25) is 0 Å². The van der Waals surface area contributed by atoms with Gasteiger partial charge in [0.1, 0.15) is 0 Å². The van der Waals surface area contributed by atoms with Crippen LogP contribution < -0.4 is 10.1 Å². The number of nitrogens with one attached hydrogen (secondary N) is 1. The van der Waals surface area contributed by atoms with Crippen LogP contribution in [-0.2, 0) is 0 Å². The van der Waals surface area contributed by atoms with Gasteiger partial charge in [-0.2, -0.15) is 15.0 Å². The molecule has 0 radical (unpaired) electrons. The summed E-state index contributed by atoms with van der Waals surface area (Å²) in [6.07, 6.45) is -0.0326. The van der Waals surface area contributed by atoms with E-state index in [1.165, 1.54) is 0 Å². The molecular weight excluding hydrogens is 344 g/mol. The Balaban J connectivity index is 2.24. The summed E-state index contributed by atoms with van der Waals surface area (Å²) in [7, 11) is 0. The Morgan fingerprint density at radius 2 is 2.00 bits per heavy atom. The Kier molecular flexibility index (Phi) is 4.77. The van der Waals surface area contributed by atoms with Crippen molar-refractivity contribution in [3.63, 3.8) is 0 Å². The monoisotopic (exact) mass is 356 g/mol. The number of anilines is 2. The van der Waals surface area contributed by atoms with Crippen molar-refractivity contribution in [2.75, 3.05) is 5.32 Å². The molecule has 1 aromatic heterocycles. The lowest BCUT2D eigenvalue weighted by Gasteiger charge is -2.10. The smallest absolute Gasteiger partial charge is 0.322 e. The summed E-state index contributed by atoms with van der Waals surface area (Å²) >= 11 is 9.34. The number of aromatic nitrogens is 3. The molecule has 1 aromatic carbocycles. The molecule has 0 unspecified atom stereocenters. The zero-order chi connectivity index (χ0) is 14.7. The Morgan fingerprint density at radius 1 is 1.25 bits per heavy atom. The second kappa shape index (κ2) is 6.37. The third-order valence-corrected chi connectivity index (χ3v) is 3.38. The number of halogens is 2. The van der Waals surface area contributed by atoms with Crippen molar-refractivity contribution in [3.8, 4) is 6.01 Å². The molecule has 0 spiro atoms. The Labute approximate surface area is 130 Å². The van der Waals surface area contributed by atoms with Crippen molar-refractivity contribution in [1.82, 2.24) is 15.0 Å². The van der Waals surface area contributed by atoms with Gasteiger partial charge in [0.05, 0.1) is 6.10 Å². The standard InChI is InChI=1S/C13H14BrClN4O/c1-7(2)20-13-18-11(15)17-12(19-13)16-9-5-4-8(3)10(14)6-9/h4-7H,1-3H3,(H,16,17,18,19). The normalized spacial score (nSPS) is 10.7. The van der Waals surface area contributed by atoms with E-state index < -0.39 is 0 Å². The largest absolute Gasteiger partial charge is 0.461 e. The second-order valence-corrected chi connectivity index (χ2v) is 5.66. The van der Waals surface area contributed by atoms with Gasteiger partial charge in [0.2, 0.25) is 11.2 Å². The average Bonchev–Trinajstić information content (AvgIpc) is 2.32. The van der Waals surface area contributed by atoms with Crippen LogP contribution in [0.2, 0.25) is 5.28 Å². The summed E-state index contributed by atoms with van der Waals surface area (Å²) < 4.78 is 6.42. The van der Waals surface area contributed by atoms with Crippen molar-refractivity contribution in [2.24, 2.45) is 0 Å². The maximum Gasteiger partial charge on any atom is 0.322 e. The molecule has 0 fully saturated rings. The van der Waals surface area contributed by atoms with E-state index in [1.807, 2.05) is 39.0 Å². The van der Waals surface area contributed by atoms with E-state index >= 15 is 0 Å². The second-order valence-electron chi connectivity index (χ2n) is 4.47. The number of aryl methyl sites for hydroxylation is 1. The molecule has 0 aliphatic rings. The number of ether oxygens (including phenoxy) is 1. The van der Waals surface area contributed by atoms with E-state index in [9.17, 15) is 0 Å². The van der Waals surface area contributed by atoms with E-state index in [4.69, 9.17) is 16.3 Å². The SMILES string of the molecule is Cc1ccc(Nc2nc(Cl)nc(OC(C)C)n2)cc1Br. The van der Waals surface area contributed by atoms with Crippen molar-refractivity contribution >= 4 is 39.2 Å². The Hall–Kier alpha value is -1.40. The first-order chi connectivity index (χ1) is 9.44. The van der Waals surface area contributed by atoms with Crippen LogP contribution in [0.1, 0.15) is 19.4 Å². The lowest BCUT2D eigenvalue weighted by atomic mass is 10.2. The van der Waals surface area contributed by atoms with E-state index in [0.717, 1.165) is 15.7 Å². The minimum Gasteiger partial charge on any atom is -0.461 e. The minimum absolute atomic E-state index is 0.0326. The molecule has 5 nitrogen and oxygen atoms in total. The zero-order valence-corrected chi connectivity index (χ0v) is 13.7. The molecule has 2 aromatic rings. The molecule has 2 rings (SSSR count). The molecule has 0 saturated heterocycles. The number of hydrogen-bond donors (Lipinski definition) is 1. The number of hydrogen-bond acceptors (Lipinski definition) is 5. The van der Waals surface area contributed by atoms with Gasteiger partial charge in [0.25, 0.3) is 0 Å². The molecule has 0 aliphatic carbocycles. The molecule has 1 N–H and O–H groups in total. The lowest BCUT2D eigenvalue weighted by molar-refractivity contribution is 0.222. The van der Waals surface area contributed by atoms with Crippen LogP contribution in [0.3, 0.4) is 0 Å². The van der Waals surface area contributed by atoms with Gasteiger partial charge in [0, 0.05) is 10.2 Å². The predicted molar refractivity (Wildman–Crippen MR) is 82.8 cm³/mol. The van der Waals surface area contributed by atoms with E-state index in [1.54, 1.807) is 0 Å². The maximum absolute atomic E-state index is 5.86. The topological polar surface area (TPSA) is 59.9 Å². The van der Waals surface area contributed by atoms with Crippen molar-refractivity contribution in [3.05, 3.63) is 33.5 Å². The van der Waals surface area contributed by atoms with Crippen LogP contribution in [0.15, 0.2) is 22.7 Å². The third kappa shape index (κ3) is 4.05. The highest BCUT2D eigenvalue weighted by Gasteiger charge is 2.08. The molecule has 7 heteroatoms. The predicted octanol–water partition coefficient (Wildman–Crippen LogP) is 4.13.